The summed E-state index contributed by atoms with van der Waals surface area (Å²) in [6.07, 6.45) is 0.972. The van der Waals surface area contributed by atoms with Crippen LogP contribution in [0.1, 0.15) is 29.5 Å². The van der Waals surface area contributed by atoms with E-state index in [9.17, 15) is 4.79 Å². The first-order valence-corrected chi connectivity index (χ1v) is 8.43. The molecule has 2 aromatic carbocycles. The lowest BCUT2D eigenvalue weighted by Crippen LogP contribution is -2.27. The molecule has 124 valence electrons. The van der Waals surface area contributed by atoms with Gasteiger partial charge in [0.25, 0.3) is 5.91 Å². The highest BCUT2D eigenvalue weighted by atomic mass is 35.5. The maximum atomic E-state index is 12.6. The molecule has 0 saturated carbocycles. The average Bonchev–Trinajstić information content (AvgIpc) is 2.94. The first kappa shape index (κ1) is 16.5. The number of nitrogens with zero attached hydrogens (tertiary/aromatic N) is 3. The van der Waals surface area contributed by atoms with Gasteiger partial charge in [0.1, 0.15) is 5.82 Å². The number of aryl methyl sites for hydroxylation is 1. The minimum atomic E-state index is -0.0169. The van der Waals surface area contributed by atoms with Crippen LogP contribution in [0.5, 0.6) is 0 Å². The molecule has 3 aromatic rings. The molecule has 0 aliphatic heterocycles. The van der Waals surface area contributed by atoms with Gasteiger partial charge in [-0.2, -0.15) is 0 Å². The second kappa shape index (κ2) is 7.05. The quantitative estimate of drug-likeness (QED) is 0.691. The molecule has 0 saturated heterocycles. The van der Waals surface area contributed by atoms with E-state index in [1.165, 1.54) is 0 Å². The Labute approximate surface area is 146 Å². The van der Waals surface area contributed by atoms with Gasteiger partial charge in [-0.25, -0.2) is 4.98 Å². The van der Waals surface area contributed by atoms with Gasteiger partial charge in [-0.05, 0) is 30.7 Å². The number of benzene rings is 2. The van der Waals surface area contributed by atoms with Crippen LogP contribution in [-0.4, -0.2) is 27.4 Å². The number of para-hydroxylation sites is 1. The average molecular weight is 342 g/mol. The first-order valence-electron chi connectivity index (χ1n) is 8.06. The van der Waals surface area contributed by atoms with Crippen molar-refractivity contribution in [2.24, 2.45) is 0 Å². The van der Waals surface area contributed by atoms with Crippen LogP contribution >= 0.6 is 11.6 Å². The van der Waals surface area contributed by atoms with E-state index in [4.69, 9.17) is 16.6 Å². The fourth-order valence-corrected chi connectivity index (χ4v) is 3.13. The van der Waals surface area contributed by atoms with Crippen molar-refractivity contribution in [1.82, 2.24) is 14.5 Å². The maximum Gasteiger partial charge on any atom is 0.253 e. The van der Waals surface area contributed by atoms with Crippen molar-refractivity contribution >= 4 is 28.5 Å². The van der Waals surface area contributed by atoms with Crippen molar-refractivity contribution in [2.45, 2.75) is 26.4 Å². The van der Waals surface area contributed by atoms with Crippen molar-refractivity contribution in [1.29, 1.82) is 0 Å². The van der Waals surface area contributed by atoms with E-state index in [1.54, 1.807) is 11.9 Å². The predicted molar refractivity (Wildman–Crippen MR) is 97.3 cm³/mol. The molecule has 0 aliphatic carbocycles. The molecular formula is C19H20ClN3O. The molecule has 0 radical (unpaired) electrons. The Morgan fingerprint density at radius 2 is 1.92 bits per heavy atom. The molecule has 1 amide bonds. The van der Waals surface area contributed by atoms with Crippen LogP contribution in [0, 0.1) is 0 Å². The highest BCUT2D eigenvalue weighted by Gasteiger charge is 2.17. The smallest absolute Gasteiger partial charge is 0.253 e. The second-order valence-corrected chi connectivity index (χ2v) is 6.22. The van der Waals surface area contributed by atoms with E-state index in [0.717, 1.165) is 29.8 Å². The SMILES string of the molecule is CCCn1c(CN(C)C(=O)c2ccccc2)nc2cccc(Cl)c21. The zero-order chi connectivity index (χ0) is 17.1. The summed E-state index contributed by atoms with van der Waals surface area (Å²) >= 11 is 6.36. The normalized spacial score (nSPS) is 11.0. The highest BCUT2D eigenvalue weighted by molar-refractivity contribution is 6.35. The summed E-state index contributed by atoms with van der Waals surface area (Å²) in [7, 11) is 1.80. The standard InChI is InChI=1S/C19H20ClN3O/c1-3-12-23-17(21-16-11-7-10-15(20)18(16)23)13-22(2)19(24)14-8-5-4-6-9-14/h4-11H,3,12-13H2,1-2H3. The zero-order valence-corrected chi connectivity index (χ0v) is 14.6. The van der Waals surface area contributed by atoms with Gasteiger partial charge < -0.3 is 9.47 Å². The summed E-state index contributed by atoms with van der Waals surface area (Å²) < 4.78 is 2.12. The van der Waals surface area contributed by atoms with Crippen molar-refractivity contribution < 1.29 is 4.79 Å². The number of amides is 1. The Bertz CT molecular complexity index is 858. The minimum Gasteiger partial charge on any atom is -0.334 e. The van der Waals surface area contributed by atoms with Gasteiger partial charge in [-0.1, -0.05) is 42.8 Å². The van der Waals surface area contributed by atoms with E-state index in [2.05, 4.69) is 11.5 Å². The molecule has 3 rings (SSSR count). The first-order chi connectivity index (χ1) is 11.6. The summed E-state index contributed by atoms with van der Waals surface area (Å²) in [5.74, 6) is 0.837. The number of hydrogen-bond donors (Lipinski definition) is 0. The van der Waals surface area contributed by atoms with Gasteiger partial charge in [-0.3, -0.25) is 4.79 Å². The molecule has 0 atom stereocenters. The monoisotopic (exact) mass is 341 g/mol. The Hall–Kier alpha value is -2.33. The van der Waals surface area contributed by atoms with Gasteiger partial charge in [0, 0.05) is 19.2 Å². The van der Waals surface area contributed by atoms with E-state index in [-0.39, 0.29) is 5.91 Å². The molecule has 0 bridgehead atoms. The largest absolute Gasteiger partial charge is 0.334 e. The molecule has 0 aliphatic rings. The maximum absolute atomic E-state index is 12.6. The van der Waals surface area contributed by atoms with Crippen molar-refractivity contribution in [3.05, 3.63) is 64.9 Å². The molecule has 0 N–H and O–H groups in total. The van der Waals surface area contributed by atoms with E-state index < -0.39 is 0 Å². The number of hydrogen-bond acceptors (Lipinski definition) is 2. The summed E-state index contributed by atoms with van der Waals surface area (Å²) in [5.41, 5.74) is 2.49. The molecule has 0 spiro atoms. The van der Waals surface area contributed by atoms with Crippen molar-refractivity contribution in [2.75, 3.05) is 7.05 Å². The van der Waals surface area contributed by atoms with Crippen LogP contribution in [-0.2, 0) is 13.1 Å². The molecular weight excluding hydrogens is 322 g/mol. The Morgan fingerprint density at radius 1 is 1.17 bits per heavy atom. The van der Waals surface area contributed by atoms with Gasteiger partial charge in [0.2, 0.25) is 0 Å². The second-order valence-electron chi connectivity index (χ2n) is 5.81. The lowest BCUT2D eigenvalue weighted by molar-refractivity contribution is 0.0780. The van der Waals surface area contributed by atoms with Crippen LogP contribution in [0.25, 0.3) is 11.0 Å². The Balaban J connectivity index is 1.93. The molecule has 0 fully saturated rings. The summed E-state index contributed by atoms with van der Waals surface area (Å²) in [6, 6.07) is 15.0. The molecule has 24 heavy (non-hydrogen) atoms. The topological polar surface area (TPSA) is 38.1 Å². The van der Waals surface area contributed by atoms with Crippen LogP contribution in [0.2, 0.25) is 5.02 Å². The predicted octanol–water partition coefficient (Wildman–Crippen LogP) is 4.37. The zero-order valence-electron chi connectivity index (χ0n) is 13.9. The Morgan fingerprint density at radius 3 is 2.62 bits per heavy atom. The number of imidazole rings is 1. The lowest BCUT2D eigenvalue weighted by atomic mass is 10.2. The third-order valence-corrected chi connectivity index (χ3v) is 4.29. The number of halogens is 1. The Kier molecular flexibility index (Phi) is 4.86. The highest BCUT2D eigenvalue weighted by Crippen LogP contribution is 2.25. The number of carbonyl (C=O) groups excluding carboxylic acids is 1. The fraction of sp³-hybridized carbons (Fsp3) is 0.263. The molecule has 0 unspecified atom stereocenters. The summed E-state index contributed by atoms with van der Waals surface area (Å²) in [5, 5.41) is 0.691. The molecule has 4 nitrogen and oxygen atoms in total. The molecule has 1 aromatic heterocycles. The summed E-state index contributed by atoms with van der Waals surface area (Å²) in [4.78, 5) is 18.9. The van der Waals surface area contributed by atoms with Crippen LogP contribution in [0.3, 0.4) is 0 Å². The number of fused-ring (bicyclic) bond motifs is 1. The van der Waals surface area contributed by atoms with Gasteiger partial charge in [0.15, 0.2) is 0 Å². The van der Waals surface area contributed by atoms with Crippen molar-refractivity contribution in [3.8, 4) is 0 Å². The van der Waals surface area contributed by atoms with Crippen LogP contribution in [0.15, 0.2) is 48.5 Å². The van der Waals surface area contributed by atoms with E-state index in [1.807, 2.05) is 48.5 Å². The fourth-order valence-electron chi connectivity index (χ4n) is 2.86. The van der Waals surface area contributed by atoms with Gasteiger partial charge in [-0.15, -0.1) is 0 Å². The van der Waals surface area contributed by atoms with Crippen molar-refractivity contribution in [3.63, 3.8) is 0 Å². The van der Waals surface area contributed by atoms with Crippen LogP contribution < -0.4 is 0 Å². The third kappa shape index (κ3) is 3.15. The van der Waals surface area contributed by atoms with Gasteiger partial charge in [0.05, 0.1) is 22.6 Å². The minimum absolute atomic E-state index is 0.0169. The number of rotatable bonds is 5. The number of aromatic nitrogens is 2. The molecule has 1 heterocycles. The third-order valence-electron chi connectivity index (χ3n) is 3.99. The van der Waals surface area contributed by atoms with Gasteiger partial charge >= 0.3 is 0 Å². The van der Waals surface area contributed by atoms with E-state index >= 15 is 0 Å². The summed E-state index contributed by atoms with van der Waals surface area (Å²) in [6.45, 7) is 3.38. The van der Waals surface area contributed by atoms with E-state index in [0.29, 0.717) is 17.1 Å². The van der Waals surface area contributed by atoms with Crippen LogP contribution in [0.4, 0.5) is 0 Å². The molecule has 5 heteroatoms. The lowest BCUT2D eigenvalue weighted by Gasteiger charge is -2.18. The number of carbonyl (C=O) groups is 1.